The summed E-state index contributed by atoms with van der Waals surface area (Å²) in [6, 6.07) is 16.6. The number of benzene rings is 3. The number of carbonyl (C=O) groups excluding carboxylic acids is 1. The number of anilines is 1. The van der Waals surface area contributed by atoms with Crippen molar-refractivity contribution in [1.29, 1.82) is 0 Å². The molecule has 0 radical (unpaired) electrons. The second-order valence-electron chi connectivity index (χ2n) is 6.67. The van der Waals surface area contributed by atoms with Crippen molar-refractivity contribution in [1.82, 2.24) is 4.57 Å². The second kappa shape index (κ2) is 8.04. The van der Waals surface area contributed by atoms with Crippen molar-refractivity contribution in [3.05, 3.63) is 99.6 Å². The maximum atomic E-state index is 13.6. The van der Waals surface area contributed by atoms with Gasteiger partial charge < -0.3 is 10.4 Å². The summed E-state index contributed by atoms with van der Waals surface area (Å²) in [4.78, 5) is 37.0. The second-order valence-corrected chi connectivity index (χ2v) is 7.08. The van der Waals surface area contributed by atoms with E-state index in [1.54, 1.807) is 42.5 Å². The molecule has 0 aliphatic rings. The van der Waals surface area contributed by atoms with Gasteiger partial charge in [0.25, 0.3) is 0 Å². The third kappa shape index (κ3) is 3.78. The molecule has 0 aliphatic heterocycles. The van der Waals surface area contributed by atoms with Gasteiger partial charge >= 0.3 is 12.0 Å². The Balaban J connectivity index is 1.81. The van der Waals surface area contributed by atoms with E-state index in [2.05, 4.69) is 5.32 Å². The maximum absolute atomic E-state index is 13.6. The number of carboxylic acid groups (broad SMARTS) is 1. The molecule has 31 heavy (non-hydrogen) atoms. The van der Waals surface area contributed by atoms with Crippen molar-refractivity contribution in [3.8, 4) is 11.1 Å². The molecule has 0 aliphatic carbocycles. The minimum atomic E-state index is -1.43. The predicted molar refractivity (Wildman–Crippen MR) is 116 cm³/mol. The number of pyridine rings is 1. The van der Waals surface area contributed by atoms with Gasteiger partial charge in [-0.2, -0.15) is 0 Å². The van der Waals surface area contributed by atoms with Crippen LogP contribution in [0.4, 0.5) is 14.9 Å². The van der Waals surface area contributed by atoms with Crippen molar-refractivity contribution < 1.29 is 19.1 Å². The van der Waals surface area contributed by atoms with Crippen LogP contribution < -0.4 is 10.7 Å². The Kier molecular flexibility index (Phi) is 5.27. The number of fused-ring (bicyclic) bond motifs is 1. The fourth-order valence-electron chi connectivity index (χ4n) is 3.28. The molecular formula is C23H14ClFN2O4. The highest BCUT2D eigenvalue weighted by molar-refractivity contribution is 6.31. The number of nitrogens with zero attached hydrogens (tertiary/aromatic N) is 1. The Morgan fingerprint density at radius 3 is 2.45 bits per heavy atom. The molecule has 154 valence electrons. The number of carboxylic acids is 1. The van der Waals surface area contributed by atoms with Crippen LogP contribution in [0.15, 0.2) is 77.7 Å². The highest BCUT2D eigenvalue weighted by atomic mass is 35.5. The molecule has 4 rings (SSSR count). The Hall–Kier alpha value is -3.97. The first kappa shape index (κ1) is 20.3. The van der Waals surface area contributed by atoms with Gasteiger partial charge in [-0.1, -0.05) is 48.0 Å². The molecule has 4 aromatic rings. The van der Waals surface area contributed by atoms with Gasteiger partial charge in [-0.25, -0.2) is 14.0 Å². The smallest absolute Gasteiger partial charge is 0.341 e. The summed E-state index contributed by atoms with van der Waals surface area (Å²) in [6.07, 6.45) is 1.000. The molecule has 1 aromatic heterocycles. The Morgan fingerprint density at radius 1 is 1.00 bits per heavy atom. The van der Waals surface area contributed by atoms with Crippen molar-refractivity contribution in [2.45, 2.75) is 0 Å². The number of aromatic carboxylic acids is 1. The predicted octanol–water partition coefficient (Wildman–Crippen LogP) is 5.24. The number of halogens is 2. The molecule has 0 saturated heterocycles. The average Bonchev–Trinajstić information content (AvgIpc) is 2.76. The van der Waals surface area contributed by atoms with Gasteiger partial charge in [-0.3, -0.25) is 9.36 Å². The van der Waals surface area contributed by atoms with Crippen molar-refractivity contribution in [3.63, 3.8) is 0 Å². The fraction of sp³-hybridized carbons (Fsp3) is 0. The molecule has 0 unspecified atom stereocenters. The van der Waals surface area contributed by atoms with E-state index in [0.29, 0.717) is 16.8 Å². The van der Waals surface area contributed by atoms with Gasteiger partial charge in [0.2, 0.25) is 5.43 Å². The number of amides is 1. The Morgan fingerprint density at radius 2 is 1.71 bits per heavy atom. The van der Waals surface area contributed by atoms with Gasteiger partial charge in [-0.05, 0) is 35.9 Å². The number of nitrogens with one attached hydrogen (secondary N) is 1. The van der Waals surface area contributed by atoms with Crippen LogP contribution in [0.3, 0.4) is 0 Å². The van der Waals surface area contributed by atoms with E-state index in [0.717, 1.165) is 10.8 Å². The molecule has 2 N–H and O–H groups in total. The number of rotatable bonds is 3. The third-order valence-electron chi connectivity index (χ3n) is 4.76. The summed E-state index contributed by atoms with van der Waals surface area (Å²) >= 11 is 5.89. The highest BCUT2D eigenvalue weighted by Crippen LogP contribution is 2.31. The maximum Gasteiger partial charge on any atom is 0.341 e. The zero-order valence-electron chi connectivity index (χ0n) is 15.8. The van der Waals surface area contributed by atoms with E-state index in [4.69, 9.17) is 11.6 Å². The highest BCUT2D eigenvalue weighted by Gasteiger charge is 2.18. The van der Waals surface area contributed by atoms with Gasteiger partial charge in [0.15, 0.2) is 0 Å². The number of aromatic nitrogens is 1. The Bertz CT molecular complexity index is 1410. The molecule has 6 nitrogen and oxygen atoms in total. The van der Waals surface area contributed by atoms with E-state index in [1.807, 2.05) is 0 Å². The average molecular weight is 437 g/mol. The lowest BCUT2D eigenvalue weighted by molar-refractivity contribution is 0.0695. The lowest BCUT2D eigenvalue weighted by Crippen LogP contribution is -2.25. The van der Waals surface area contributed by atoms with Crippen LogP contribution in [-0.2, 0) is 0 Å². The minimum absolute atomic E-state index is 0.0591. The molecule has 0 atom stereocenters. The van der Waals surface area contributed by atoms with Gasteiger partial charge in [0.1, 0.15) is 11.4 Å². The number of para-hydroxylation sites is 2. The van der Waals surface area contributed by atoms with Gasteiger partial charge in [-0.15, -0.1) is 0 Å². The Labute approximate surface area is 180 Å². The summed E-state index contributed by atoms with van der Waals surface area (Å²) in [5.74, 6) is -1.99. The first-order valence-corrected chi connectivity index (χ1v) is 9.48. The van der Waals surface area contributed by atoms with Crippen LogP contribution in [0.1, 0.15) is 10.4 Å². The summed E-state index contributed by atoms with van der Waals surface area (Å²) < 4.78 is 14.6. The van der Waals surface area contributed by atoms with E-state index in [1.165, 1.54) is 24.3 Å². The van der Waals surface area contributed by atoms with E-state index in [9.17, 15) is 23.9 Å². The van der Waals surface area contributed by atoms with Crippen molar-refractivity contribution in [2.75, 3.05) is 5.32 Å². The molecule has 1 amide bonds. The molecule has 8 heteroatoms. The van der Waals surface area contributed by atoms with E-state index in [-0.39, 0.29) is 15.9 Å². The summed E-state index contributed by atoms with van der Waals surface area (Å²) in [6.45, 7) is 0. The third-order valence-corrected chi connectivity index (χ3v) is 5.05. The van der Waals surface area contributed by atoms with Crippen LogP contribution in [0.25, 0.3) is 22.0 Å². The van der Waals surface area contributed by atoms with Crippen molar-refractivity contribution >= 4 is 40.2 Å². The lowest BCUT2D eigenvalue weighted by atomic mass is 10.0. The van der Waals surface area contributed by atoms with Crippen LogP contribution in [0, 0.1) is 5.82 Å². The van der Waals surface area contributed by atoms with E-state index < -0.39 is 28.8 Å². The summed E-state index contributed by atoms with van der Waals surface area (Å²) in [7, 11) is 0. The monoisotopic (exact) mass is 436 g/mol. The molecule has 0 bridgehead atoms. The van der Waals surface area contributed by atoms with Crippen LogP contribution in [0.5, 0.6) is 0 Å². The first-order chi connectivity index (χ1) is 14.9. The SMILES string of the molecule is O=C(O)c1cn(C(=O)Nc2ccccc2-c2ccc(F)c(Cl)c2)c2ccccc2c1=O. The standard InChI is InChI=1S/C23H14ClFN2O4/c24-17-11-13(9-10-18(17)25)14-5-1-3-7-19(14)26-23(31)27-12-16(22(29)30)21(28)15-6-2-4-8-20(15)27/h1-12H,(H,26,31)(H,29,30). The topological polar surface area (TPSA) is 88.4 Å². The van der Waals surface area contributed by atoms with Crippen molar-refractivity contribution in [2.24, 2.45) is 0 Å². The first-order valence-electron chi connectivity index (χ1n) is 9.10. The normalized spacial score (nSPS) is 10.8. The molecule has 1 heterocycles. The van der Waals surface area contributed by atoms with Crippen LogP contribution >= 0.6 is 11.6 Å². The summed E-state index contributed by atoms with van der Waals surface area (Å²) in [5.41, 5.74) is 0.632. The summed E-state index contributed by atoms with van der Waals surface area (Å²) in [5, 5.41) is 12.2. The number of hydrogen-bond acceptors (Lipinski definition) is 3. The van der Waals surface area contributed by atoms with Crippen LogP contribution in [-0.4, -0.2) is 21.7 Å². The van der Waals surface area contributed by atoms with E-state index >= 15 is 0 Å². The largest absolute Gasteiger partial charge is 0.477 e. The molecule has 0 fully saturated rings. The zero-order chi connectivity index (χ0) is 22.1. The number of hydrogen-bond donors (Lipinski definition) is 2. The van der Waals surface area contributed by atoms with Gasteiger partial charge in [0.05, 0.1) is 16.2 Å². The molecule has 0 spiro atoms. The minimum Gasteiger partial charge on any atom is -0.477 e. The quantitative estimate of drug-likeness (QED) is 0.459. The zero-order valence-corrected chi connectivity index (χ0v) is 16.6. The molecular weight excluding hydrogens is 423 g/mol. The van der Waals surface area contributed by atoms with Gasteiger partial charge in [0, 0.05) is 17.1 Å². The van der Waals surface area contributed by atoms with Crippen LogP contribution in [0.2, 0.25) is 5.02 Å². The molecule has 0 saturated carbocycles. The fourth-order valence-corrected chi connectivity index (χ4v) is 3.46. The lowest BCUT2D eigenvalue weighted by Gasteiger charge is -2.15. The number of carbonyl (C=O) groups is 2. The molecule has 3 aromatic carbocycles.